The fourth-order valence-electron chi connectivity index (χ4n) is 3.68. The zero-order valence-corrected chi connectivity index (χ0v) is 16.6. The Balaban J connectivity index is 1.58. The van der Waals surface area contributed by atoms with Crippen molar-refractivity contribution >= 4 is 11.6 Å². The Morgan fingerprint density at radius 3 is 2.75 bits per heavy atom. The third-order valence-corrected chi connectivity index (χ3v) is 5.34. The van der Waals surface area contributed by atoms with E-state index in [0.29, 0.717) is 23.3 Å². The molecule has 1 aliphatic rings. The summed E-state index contributed by atoms with van der Waals surface area (Å²) in [4.78, 5) is 6.75. The van der Waals surface area contributed by atoms with E-state index in [1.807, 2.05) is 12.1 Å². The second-order valence-electron chi connectivity index (χ2n) is 7.24. The van der Waals surface area contributed by atoms with E-state index in [2.05, 4.69) is 47.1 Å². The number of pyridine rings is 1. The molecule has 1 N–H and O–H groups in total. The molecule has 1 aliphatic heterocycles. The Bertz CT molecular complexity index is 945. The monoisotopic (exact) mass is 394 g/mol. The maximum absolute atomic E-state index is 10.5. The lowest BCUT2D eigenvalue weighted by Gasteiger charge is -2.24. The van der Waals surface area contributed by atoms with E-state index in [4.69, 9.17) is 16.3 Å². The van der Waals surface area contributed by atoms with Crippen molar-refractivity contribution in [3.05, 3.63) is 76.9 Å². The molecule has 2 heterocycles. The molecule has 28 heavy (non-hydrogen) atoms. The number of halogens is 1. The molecule has 0 bridgehead atoms. The van der Waals surface area contributed by atoms with Crippen molar-refractivity contribution in [2.24, 2.45) is 0 Å². The molecule has 0 amide bonds. The first-order valence-electron chi connectivity index (χ1n) is 9.48. The van der Waals surface area contributed by atoms with E-state index >= 15 is 0 Å². The van der Waals surface area contributed by atoms with Gasteiger partial charge in [0.1, 0.15) is 6.61 Å². The minimum Gasteiger partial charge on any atom is -0.504 e. The van der Waals surface area contributed by atoms with Crippen LogP contribution in [-0.2, 0) is 6.54 Å². The van der Waals surface area contributed by atoms with Gasteiger partial charge in [-0.05, 0) is 35.7 Å². The molecule has 5 heteroatoms. The van der Waals surface area contributed by atoms with Crippen LogP contribution in [0, 0.1) is 0 Å². The normalized spacial score (nSPS) is 15.4. The third-order valence-electron chi connectivity index (χ3n) is 5.12. The van der Waals surface area contributed by atoms with E-state index in [1.165, 1.54) is 5.56 Å². The Morgan fingerprint density at radius 2 is 2.00 bits per heavy atom. The minimum absolute atomic E-state index is 0.155. The van der Waals surface area contributed by atoms with Gasteiger partial charge < -0.3 is 9.84 Å². The predicted molar refractivity (Wildman–Crippen MR) is 112 cm³/mol. The highest BCUT2D eigenvalue weighted by Crippen LogP contribution is 2.37. The summed E-state index contributed by atoms with van der Waals surface area (Å²) in [6.45, 7) is 5.27. The highest BCUT2D eigenvalue weighted by atomic mass is 35.5. The van der Waals surface area contributed by atoms with Gasteiger partial charge in [-0.25, -0.2) is 0 Å². The van der Waals surface area contributed by atoms with Crippen LogP contribution in [0.5, 0.6) is 11.5 Å². The van der Waals surface area contributed by atoms with Crippen LogP contribution in [0.15, 0.2) is 60.8 Å². The molecule has 0 aliphatic carbocycles. The van der Waals surface area contributed by atoms with Gasteiger partial charge in [0.2, 0.25) is 0 Å². The molecule has 0 saturated heterocycles. The largest absolute Gasteiger partial charge is 0.504 e. The summed E-state index contributed by atoms with van der Waals surface area (Å²) < 4.78 is 5.87. The quantitative estimate of drug-likeness (QED) is 0.668. The van der Waals surface area contributed by atoms with Crippen molar-refractivity contribution in [3.63, 3.8) is 0 Å². The van der Waals surface area contributed by atoms with Crippen LogP contribution in [0.4, 0.5) is 0 Å². The summed E-state index contributed by atoms with van der Waals surface area (Å²) in [5, 5.41) is 11.1. The highest BCUT2D eigenvalue weighted by molar-refractivity contribution is 6.30. The number of benzene rings is 2. The zero-order chi connectivity index (χ0) is 19.5. The van der Waals surface area contributed by atoms with Gasteiger partial charge in [0.25, 0.3) is 0 Å². The molecule has 3 aromatic rings. The van der Waals surface area contributed by atoms with Gasteiger partial charge in [-0.15, -0.1) is 0 Å². The number of aromatic nitrogens is 1. The summed E-state index contributed by atoms with van der Waals surface area (Å²) >= 11 is 5.95. The smallest absolute Gasteiger partial charge is 0.165 e. The fraction of sp³-hybridized carbons (Fsp3) is 0.261. The van der Waals surface area contributed by atoms with Crippen LogP contribution in [0.2, 0.25) is 5.02 Å². The van der Waals surface area contributed by atoms with Gasteiger partial charge in [-0.3, -0.25) is 9.88 Å². The van der Waals surface area contributed by atoms with E-state index in [0.717, 1.165) is 36.5 Å². The van der Waals surface area contributed by atoms with Crippen LogP contribution in [0.3, 0.4) is 0 Å². The molecule has 0 radical (unpaired) electrons. The summed E-state index contributed by atoms with van der Waals surface area (Å²) in [6.07, 6.45) is 1.62. The molecular weight excluding hydrogens is 372 g/mol. The molecular formula is C23H23ClN2O2. The zero-order valence-electron chi connectivity index (χ0n) is 15.8. The van der Waals surface area contributed by atoms with Crippen LogP contribution in [-0.4, -0.2) is 34.7 Å². The van der Waals surface area contributed by atoms with Crippen molar-refractivity contribution in [2.45, 2.75) is 19.4 Å². The Morgan fingerprint density at radius 1 is 1.18 bits per heavy atom. The number of phenols is 1. The van der Waals surface area contributed by atoms with E-state index in [-0.39, 0.29) is 5.75 Å². The van der Waals surface area contributed by atoms with E-state index in [1.54, 1.807) is 18.3 Å². The number of phenolic OH excluding ortho intramolecular Hbond substituents is 1. The van der Waals surface area contributed by atoms with E-state index in [9.17, 15) is 5.11 Å². The van der Waals surface area contributed by atoms with Crippen molar-refractivity contribution in [1.82, 2.24) is 9.88 Å². The molecule has 1 aromatic heterocycles. The van der Waals surface area contributed by atoms with Gasteiger partial charge >= 0.3 is 0 Å². The van der Waals surface area contributed by atoms with Crippen molar-refractivity contribution in [3.8, 4) is 22.8 Å². The first kappa shape index (κ1) is 18.8. The van der Waals surface area contributed by atoms with Crippen LogP contribution in [0.25, 0.3) is 11.3 Å². The molecule has 4 nitrogen and oxygen atoms in total. The number of hydrogen-bond acceptors (Lipinski definition) is 4. The number of nitrogens with zero attached hydrogens (tertiary/aromatic N) is 2. The molecule has 0 saturated carbocycles. The number of ether oxygens (including phenoxy) is 1. The van der Waals surface area contributed by atoms with Crippen LogP contribution >= 0.6 is 11.6 Å². The number of rotatable bonds is 4. The molecule has 1 unspecified atom stereocenters. The highest BCUT2D eigenvalue weighted by Gasteiger charge is 2.21. The van der Waals surface area contributed by atoms with E-state index < -0.39 is 0 Å². The molecule has 144 valence electrons. The third kappa shape index (κ3) is 4.13. The Hall–Kier alpha value is -2.56. The Kier molecular flexibility index (Phi) is 5.51. The van der Waals surface area contributed by atoms with Crippen molar-refractivity contribution in [1.29, 1.82) is 0 Å². The van der Waals surface area contributed by atoms with Gasteiger partial charge in [0, 0.05) is 37.0 Å². The first-order valence-corrected chi connectivity index (χ1v) is 9.86. The van der Waals surface area contributed by atoms with Gasteiger partial charge in [-0.2, -0.15) is 0 Å². The van der Waals surface area contributed by atoms with Crippen LogP contribution in [0.1, 0.15) is 24.0 Å². The van der Waals surface area contributed by atoms with Crippen molar-refractivity contribution in [2.75, 3.05) is 19.7 Å². The van der Waals surface area contributed by atoms with Crippen molar-refractivity contribution < 1.29 is 9.84 Å². The first-order chi connectivity index (χ1) is 13.6. The lowest BCUT2D eigenvalue weighted by Crippen LogP contribution is -2.29. The molecule has 2 aromatic carbocycles. The van der Waals surface area contributed by atoms with Gasteiger partial charge in [-0.1, -0.05) is 48.9 Å². The standard InChI is InChI=1S/C23H23ClN2O2/c1-16(17-5-3-2-4-6-17)14-26-9-10-28-23-19(15-26)11-18(12-22(23)27)21-8-7-20(24)13-25-21/h2-8,11-13,16,27H,9-10,14-15H2,1H3. The summed E-state index contributed by atoms with van der Waals surface area (Å²) in [5.74, 6) is 1.15. The summed E-state index contributed by atoms with van der Waals surface area (Å²) in [5.41, 5.74) is 3.93. The lowest BCUT2D eigenvalue weighted by atomic mass is 10.00. The van der Waals surface area contributed by atoms with Gasteiger partial charge in [0.05, 0.1) is 10.7 Å². The maximum Gasteiger partial charge on any atom is 0.165 e. The predicted octanol–water partition coefficient (Wildman–Crippen LogP) is 5.11. The Labute approximate surface area is 170 Å². The van der Waals surface area contributed by atoms with Gasteiger partial charge in [0.15, 0.2) is 11.5 Å². The average molecular weight is 395 g/mol. The number of aromatic hydroxyl groups is 1. The topological polar surface area (TPSA) is 45.6 Å². The molecule has 0 fully saturated rings. The lowest BCUT2D eigenvalue weighted by molar-refractivity contribution is 0.216. The summed E-state index contributed by atoms with van der Waals surface area (Å²) in [6, 6.07) is 18.0. The maximum atomic E-state index is 10.5. The second-order valence-corrected chi connectivity index (χ2v) is 7.68. The van der Waals surface area contributed by atoms with Crippen LogP contribution < -0.4 is 4.74 Å². The molecule has 1 atom stereocenters. The molecule has 4 rings (SSSR count). The number of fused-ring (bicyclic) bond motifs is 1. The SMILES string of the molecule is CC(CN1CCOc2c(O)cc(-c3ccc(Cl)cn3)cc2C1)c1ccccc1. The number of hydrogen-bond donors (Lipinski definition) is 1. The minimum atomic E-state index is 0.155. The second kappa shape index (κ2) is 8.21. The average Bonchev–Trinajstić information content (AvgIpc) is 2.91. The fourth-order valence-corrected chi connectivity index (χ4v) is 3.79. The summed E-state index contributed by atoms with van der Waals surface area (Å²) in [7, 11) is 0. The molecule has 0 spiro atoms.